The first-order chi connectivity index (χ1) is 19.0. The number of nitrogens with zero attached hydrogens (tertiary/aromatic N) is 2. The number of hydrogen-bond donors (Lipinski definition) is 0. The molecule has 2 aromatic heterocycles. The minimum absolute atomic E-state index is 0.633. The summed E-state index contributed by atoms with van der Waals surface area (Å²) < 4.78 is 19.4. The highest BCUT2D eigenvalue weighted by Gasteiger charge is 2.45. The predicted molar refractivity (Wildman–Crippen MR) is 157 cm³/mol. The Bertz CT molecular complexity index is 1680. The van der Waals surface area contributed by atoms with E-state index in [4.69, 9.17) is 21.3 Å². The third-order valence-electron chi connectivity index (χ3n) is 6.56. The highest BCUT2D eigenvalue weighted by molar-refractivity contribution is 6.40. The zero-order chi connectivity index (χ0) is 26.8. The van der Waals surface area contributed by atoms with E-state index >= 15 is 0 Å². The first-order valence-electron chi connectivity index (χ1n) is 12.9. The second kappa shape index (κ2) is 10.8. The molecular weight excluding hydrogens is 499 g/mol. The van der Waals surface area contributed by atoms with Crippen LogP contribution in [0, 0.1) is 20.8 Å². The molecule has 0 unspecified atom stereocenters. The number of fused-ring (bicyclic) bond motifs is 2. The summed E-state index contributed by atoms with van der Waals surface area (Å²) in [4.78, 5) is 9.46. The van der Waals surface area contributed by atoms with Crippen molar-refractivity contribution >= 4 is 37.0 Å². The Balaban J connectivity index is 1.34. The van der Waals surface area contributed by atoms with Gasteiger partial charge < -0.3 is 11.4 Å². The van der Waals surface area contributed by atoms with Gasteiger partial charge in [-0.25, -0.2) is 9.97 Å². The molecule has 0 aliphatic rings. The normalized spacial score (nSPS) is 10.9. The van der Waals surface area contributed by atoms with Gasteiger partial charge in [-0.2, -0.15) is 0 Å². The average Bonchev–Trinajstić information content (AvgIpc) is 2.94. The fourth-order valence-electron chi connectivity index (χ4n) is 4.49. The monoisotopic (exact) mass is 526 g/mol. The van der Waals surface area contributed by atoms with E-state index in [0.717, 1.165) is 44.3 Å². The van der Waals surface area contributed by atoms with Crippen molar-refractivity contribution in [2.24, 2.45) is 0 Å². The first-order valence-corrected chi connectivity index (χ1v) is 14.3. The maximum absolute atomic E-state index is 6.50. The molecule has 0 aliphatic heterocycles. The Morgan fingerprint density at radius 1 is 0.487 bits per heavy atom. The molecule has 5 nitrogen and oxygen atoms in total. The lowest BCUT2D eigenvalue weighted by atomic mass is 10.0. The average molecular weight is 527 g/mol. The number of benzene rings is 4. The van der Waals surface area contributed by atoms with Crippen molar-refractivity contribution in [3.05, 3.63) is 126 Å². The topological polar surface area (TPSA) is 53.5 Å². The molecule has 2 heterocycles. The maximum atomic E-state index is 6.50. The Labute approximate surface area is 233 Å². The zero-order valence-electron chi connectivity index (χ0n) is 22.1. The van der Waals surface area contributed by atoms with Crippen LogP contribution >= 0.6 is 0 Å². The Morgan fingerprint density at radius 2 is 0.974 bits per heavy atom. The van der Waals surface area contributed by atoms with E-state index in [0.29, 0.717) is 17.2 Å². The zero-order valence-corrected chi connectivity index (χ0v) is 23.2. The van der Waals surface area contributed by atoms with Crippen LogP contribution in [0.15, 0.2) is 109 Å². The highest BCUT2D eigenvalue weighted by atomic mass is 27.3. The van der Waals surface area contributed by atoms with Gasteiger partial charge >= 0.3 is 15.1 Å². The van der Waals surface area contributed by atoms with Crippen molar-refractivity contribution in [2.75, 3.05) is 0 Å². The van der Waals surface area contributed by atoms with Gasteiger partial charge in [-0.3, -0.25) is 0 Å². The van der Waals surface area contributed by atoms with Gasteiger partial charge in [0, 0.05) is 22.2 Å². The van der Waals surface area contributed by atoms with Crippen LogP contribution in [0.5, 0.6) is 17.2 Å². The molecule has 0 radical (unpaired) electrons. The van der Waals surface area contributed by atoms with Crippen LogP contribution in [0.1, 0.15) is 17.0 Å². The molecule has 0 spiro atoms. The van der Waals surface area contributed by atoms with Crippen LogP contribution in [0.2, 0.25) is 0 Å². The van der Waals surface area contributed by atoms with E-state index in [1.54, 1.807) is 0 Å². The lowest BCUT2D eigenvalue weighted by Crippen LogP contribution is -2.37. The highest BCUT2D eigenvalue weighted by Crippen LogP contribution is 2.29. The summed E-state index contributed by atoms with van der Waals surface area (Å²) >= 11 is -2.84. The molecule has 0 aliphatic carbocycles. The number of rotatable bonds is 7. The van der Waals surface area contributed by atoms with E-state index in [-0.39, 0.29) is 0 Å². The molecule has 0 atom stereocenters. The van der Waals surface area contributed by atoms with E-state index in [9.17, 15) is 0 Å². The number of aryl methyl sites for hydroxylation is 3. The third-order valence-corrected chi connectivity index (χ3v) is 7.92. The molecule has 0 amide bonds. The summed E-state index contributed by atoms with van der Waals surface area (Å²) in [6.07, 6.45) is 0. The van der Waals surface area contributed by atoms with Gasteiger partial charge in [0.1, 0.15) is 22.5 Å². The van der Waals surface area contributed by atoms with Crippen molar-refractivity contribution in [1.82, 2.24) is 9.97 Å². The SMILES string of the molecule is Cc1ccc(-c2ccc([O][Al]([O]c3cccc4ccc(C)nc34)[O]c3cccc4ccc(C)nc34)cc2)cc1. The van der Waals surface area contributed by atoms with Crippen LogP contribution in [0.4, 0.5) is 0 Å². The standard InChI is InChI=1S/C13H12O.2C10H9NO.Al/c1-10-2-4-11(5-3-10)12-6-8-13(14)9-7-12;2*1-7-5-6-8-3-2-4-9(12)10(8)11-7;/h2-9,14H,1H3;2*2-6,12H,1H3;/q;;;+3/p-3. The third kappa shape index (κ3) is 5.58. The van der Waals surface area contributed by atoms with Crippen molar-refractivity contribution in [1.29, 1.82) is 0 Å². The molecule has 0 saturated heterocycles. The summed E-state index contributed by atoms with van der Waals surface area (Å²) in [5.41, 5.74) is 6.90. The molecule has 6 heteroatoms. The van der Waals surface area contributed by atoms with Crippen molar-refractivity contribution in [3.8, 4) is 28.4 Å². The molecule has 0 N–H and O–H groups in total. The number of pyridine rings is 2. The summed E-state index contributed by atoms with van der Waals surface area (Å²) in [6.45, 7) is 6.03. The van der Waals surface area contributed by atoms with Crippen molar-refractivity contribution in [2.45, 2.75) is 20.8 Å². The largest absolute Gasteiger partial charge is 1.20 e. The lowest BCUT2D eigenvalue weighted by Gasteiger charge is -2.18. The van der Waals surface area contributed by atoms with Gasteiger partial charge in [-0.15, -0.1) is 0 Å². The summed E-state index contributed by atoms with van der Waals surface area (Å²) in [7, 11) is 0. The molecule has 6 rings (SSSR count). The molecule has 0 saturated carbocycles. The quantitative estimate of drug-likeness (QED) is 0.198. The van der Waals surface area contributed by atoms with Gasteiger partial charge in [0.2, 0.25) is 0 Å². The summed E-state index contributed by atoms with van der Waals surface area (Å²) in [6, 6.07) is 36.4. The molecule has 0 fully saturated rings. The number of para-hydroxylation sites is 2. The van der Waals surface area contributed by atoms with Gasteiger partial charge in [-0.05, 0) is 68.3 Å². The van der Waals surface area contributed by atoms with Gasteiger partial charge in [0.25, 0.3) is 0 Å². The van der Waals surface area contributed by atoms with Crippen LogP contribution < -0.4 is 11.4 Å². The van der Waals surface area contributed by atoms with Crippen LogP contribution in [-0.4, -0.2) is 25.1 Å². The Kier molecular flexibility index (Phi) is 6.90. The first kappa shape index (κ1) is 24.9. The van der Waals surface area contributed by atoms with Gasteiger partial charge in [-0.1, -0.05) is 78.4 Å². The van der Waals surface area contributed by atoms with Gasteiger partial charge in [0.05, 0.1) is 5.75 Å². The van der Waals surface area contributed by atoms with Gasteiger partial charge in [0.15, 0.2) is 0 Å². The Morgan fingerprint density at radius 3 is 1.49 bits per heavy atom. The van der Waals surface area contributed by atoms with E-state index in [1.807, 2.05) is 86.6 Å². The fourth-order valence-corrected chi connectivity index (χ4v) is 5.81. The molecule has 6 aromatic rings. The van der Waals surface area contributed by atoms with E-state index in [2.05, 4.69) is 43.3 Å². The minimum Gasteiger partial charge on any atom is -0.577 e. The van der Waals surface area contributed by atoms with Crippen molar-refractivity contribution < 1.29 is 11.4 Å². The fraction of sp³-hybridized carbons (Fsp3) is 0.0909. The second-order valence-corrected chi connectivity index (χ2v) is 10.9. The number of hydrogen-bond acceptors (Lipinski definition) is 5. The smallest absolute Gasteiger partial charge is 0.577 e. The summed E-state index contributed by atoms with van der Waals surface area (Å²) in [5, 5.41) is 1.99. The summed E-state index contributed by atoms with van der Waals surface area (Å²) in [5.74, 6) is 1.94. The van der Waals surface area contributed by atoms with E-state index in [1.165, 1.54) is 5.56 Å². The molecular formula is C33H27AlN2O3. The second-order valence-electron chi connectivity index (χ2n) is 9.59. The van der Waals surface area contributed by atoms with Crippen molar-refractivity contribution in [3.63, 3.8) is 0 Å². The molecule has 0 bridgehead atoms. The molecule has 190 valence electrons. The van der Waals surface area contributed by atoms with Crippen LogP contribution in [-0.2, 0) is 0 Å². The van der Waals surface area contributed by atoms with Crippen LogP contribution in [0.3, 0.4) is 0 Å². The minimum atomic E-state index is -2.84. The maximum Gasteiger partial charge on any atom is 1.20 e. The van der Waals surface area contributed by atoms with Crippen LogP contribution in [0.25, 0.3) is 32.9 Å². The Hall–Kier alpha value is -4.37. The predicted octanol–water partition coefficient (Wildman–Crippen LogP) is 7.90. The molecule has 4 aromatic carbocycles. The molecule has 39 heavy (non-hydrogen) atoms. The lowest BCUT2D eigenvalue weighted by molar-refractivity contribution is 0.310. The van der Waals surface area contributed by atoms with E-state index < -0.39 is 15.1 Å². The number of aromatic nitrogens is 2.